The van der Waals surface area contributed by atoms with E-state index in [9.17, 15) is 8.42 Å². The van der Waals surface area contributed by atoms with E-state index in [1.807, 2.05) is 37.3 Å². The molecule has 0 radical (unpaired) electrons. The second kappa shape index (κ2) is 9.16. The first-order valence-corrected chi connectivity index (χ1v) is 13.2. The number of nitrogens with zero attached hydrogens (tertiary/aromatic N) is 4. The number of anilines is 2. The van der Waals surface area contributed by atoms with Crippen LogP contribution in [0.2, 0.25) is 5.02 Å². The van der Waals surface area contributed by atoms with Crippen molar-refractivity contribution in [3.63, 3.8) is 0 Å². The summed E-state index contributed by atoms with van der Waals surface area (Å²) in [6, 6.07) is 11.5. The molecule has 1 aliphatic carbocycles. The maximum Gasteiger partial charge on any atom is 0.249 e. The summed E-state index contributed by atoms with van der Waals surface area (Å²) in [4.78, 5) is 4.45. The molecule has 9 nitrogen and oxygen atoms in total. The molecule has 3 N–H and O–H groups in total. The van der Waals surface area contributed by atoms with Crippen LogP contribution >= 0.6 is 11.6 Å². The molecule has 4 rings (SSSR count). The lowest BCUT2D eigenvalue weighted by Gasteiger charge is -2.20. The van der Waals surface area contributed by atoms with Crippen molar-refractivity contribution in [1.29, 1.82) is 0 Å². The zero-order valence-electron chi connectivity index (χ0n) is 19.6. The summed E-state index contributed by atoms with van der Waals surface area (Å²) >= 11 is 6.61. The van der Waals surface area contributed by atoms with Gasteiger partial charge in [0.2, 0.25) is 21.8 Å². The molecule has 11 heteroatoms. The van der Waals surface area contributed by atoms with Gasteiger partial charge < -0.3 is 15.5 Å². The van der Waals surface area contributed by atoms with Crippen LogP contribution in [0.1, 0.15) is 31.7 Å². The molecule has 2 aromatic heterocycles. The standard InChI is InChI=1S/C23H29ClN6O3S/c1-14-10-16(14)13-26-18-11-17(19(24)20(27-18)30(3)34(4,31)32)21-28-29-22(33-21)23(2,25)12-15-8-6-5-7-9-15/h5-9,11,14,16H,10,12-13,25H2,1-4H3,(H,26,27). The van der Waals surface area contributed by atoms with Crippen LogP contribution in [0.15, 0.2) is 40.8 Å². The van der Waals surface area contributed by atoms with Crippen LogP contribution in [-0.2, 0) is 22.0 Å². The third-order valence-electron chi connectivity index (χ3n) is 6.12. The van der Waals surface area contributed by atoms with E-state index >= 15 is 0 Å². The maximum absolute atomic E-state index is 12.2. The summed E-state index contributed by atoms with van der Waals surface area (Å²) in [5, 5.41) is 11.7. The predicted octanol–water partition coefficient (Wildman–Crippen LogP) is 3.67. The molecule has 3 aromatic rings. The molecule has 3 unspecified atom stereocenters. The van der Waals surface area contributed by atoms with Crippen molar-refractivity contribution >= 4 is 33.3 Å². The molecular weight excluding hydrogens is 476 g/mol. The molecule has 3 atom stereocenters. The van der Waals surface area contributed by atoms with Gasteiger partial charge in [-0.2, -0.15) is 0 Å². The number of sulfonamides is 1. The zero-order chi connectivity index (χ0) is 24.7. The monoisotopic (exact) mass is 504 g/mol. The second-order valence-corrected chi connectivity index (χ2v) is 11.7. The largest absolute Gasteiger partial charge is 0.419 e. The van der Waals surface area contributed by atoms with E-state index in [-0.39, 0.29) is 22.6 Å². The van der Waals surface area contributed by atoms with Crippen LogP contribution in [-0.4, -0.2) is 43.4 Å². The Morgan fingerprint density at radius 2 is 1.97 bits per heavy atom. The number of pyridine rings is 1. The number of rotatable bonds is 9. The highest BCUT2D eigenvalue weighted by atomic mass is 35.5. The summed E-state index contributed by atoms with van der Waals surface area (Å²) in [5.74, 6) is 2.15. The van der Waals surface area contributed by atoms with E-state index in [2.05, 4.69) is 27.4 Å². The van der Waals surface area contributed by atoms with E-state index < -0.39 is 15.6 Å². The zero-order valence-corrected chi connectivity index (χ0v) is 21.2. The fraction of sp³-hybridized carbons (Fsp3) is 0.435. The Morgan fingerprint density at radius 1 is 1.29 bits per heavy atom. The smallest absolute Gasteiger partial charge is 0.249 e. The third-order valence-corrected chi connectivity index (χ3v) is 7.66. The van der Waals surface area contributed by atoms with E-state index in [0.717, 1.165) is 29.1 Å². The number of benzene rings is 1. The number of nitrogens with one attached hydrogen (secondary N) is 1. The highest BCUT2D eigenvalue weighted by Crippen LogP contribution is 2.40. The van der Waals surface area contributed by atoms with Crippen LogP contribution < -0.4 is 15.4 Å². The summed E-state index contributed by atoms with van der Waals surface area (Å²) < 4.78 is 31.4. The molecule has 0 bridgehead atoms. The Bertz CT molecular complexity index is 1280. The van der Waals surface area contributed by atoms with Gasteiger partial charge in [0.05, 0.1) is 22.4 Å². The lowest BCUT2D eigenvalue weighted by atomic mass is 9.94. The van der Waals surface area contributed by atoms with Gasteiger partial charge in [-0.25, -0.2) is 13.4 Å². The van der Waals surface area contributed by atoms with Gasteiger partial charge in [-0.1, -0.05) is 48.9 Å². The van der Waals surface area contributed by atoms with E-state index in [4.69, 9.17) is 21.8 Å². The minimum atomic E-state index is -3.60. The molecule has 0 aliphatic heterocycles. The number of halogens is 1. The Morgan fingerprint density at radius 3 is 2.59 bits per heavy atom. The average Bonchev–Trinajstić information content (AvgIpc) is 3.25. The van der Waals surface area contributed by atoms with Gasteiger partial charge in [0.1, 0.15) is 5.82 Å². The lowest BCUT2D eigenvalue weighted by Crippen LogP contribution is -2.35. The predicted molar refractivity (Wildman–Crippen MR) is 133 cm³/mol. The second-order valence-electron chi connectivity index (χ2n) is 9.27. The quantitative estimate of drug-likeness (QED) is 0.452. The first kappa shape index (κ1) is 24.4. The summed E-state index contributed by atoms with van der Waals surface area (Å²) in [5.41, 5.74) is 7.02. The molecule has 1 saturated carbocycles. The van der Waals surface area contributed by atoms with Crippen LogP contribution in [0.4, 0.5) is 11.6 Å². The van der Waals surface area contributed by atoms with Gasteiger partial charge in [0.15, 0.2) is 5.82 Å². The van der Waals surface area contributed by atoms with Gasteiger partial charge >= 0.3 is 0 Å². The molecule has 0 spiro atoms. The SMILES string of the molecule is CC1CC1CNc1cc(-c2nnc(C(C)(N)Cc3ccccc3)o2)c(Cl)c(N(C)S(C)(=O)=O)n1. The van der Waals surface area contributed by atoms with E-state index in [0.29, 0.717) is 29.6 Å². The van der Waals surface area contributed by atoms with Gasteiger partial charge in [-0.3, -0.25) is 4.31 Å². The highest BCUT2D eigenvalue weighted by molar-refractivity contribution is 7.92. The molecule has 0 saturated heterocycles. The van der Waals surface area contributed by atoms with Crippen molar-refractivity contribution in [2.24, 2.45) is 17.6 Å². The fourth-order valence-electron chi connectivity index (χ4n) is 3.71. The minimum absolute atomic E-state index is 0.0764. The van der Waals surface area contributed by atoms with Crippen LogP contribution in [0.3, 0.4) is 0 Å². The molecular formula is C23H29ClN6O3S. The minimum Gasteiger partial charge on any atom is -0.419 e. The fourth-order valence-corrected chi connectivity index (χ4v) is 4.51. The van der Waals surface area contributed by atoms with Crippen LogP contribution in [0, 0.1) is 11.8 Å². The molecule has 1 fully saturated rings. The van der Waals surface area contributed by atoms with Gasteiger partial charge in [0.25, 0.3) is 0 Å². The number of hydrogen-bond acceptors (Lipinski definition) is 8. The first-order chi connectivity index (χ1) is 16.0. The summed E-state index contributed by atoms with van der Waals surface area (Å²) in [6.45, 7) is 4.73. The lowest BCUT2D eigenvalue weighted by molar-refractivity contribution is 0.355. The highest BCUT2D eigenvalue weighted by Gasteiger charge is 2.33. The molecule has 182 valence electrons. The number of aromatic nitrogens is 3. The maximum atomic E-state index is 12.2. The Labute approximate surface area is 204 Å². The Balaban J connectivity index is 1.69. The van der Waals surface area contributed by atoms with Crippen molar-refractivity contribution in [3.05, 3.63) is 52.9 Å². The van der Waals surface area contributed by atoms with Crippen LogP contribution in [0.5, 0.6) is 0 Å². The Kier molecular flexibility index (Phi) is 6.58. The van der Waals surface area contributed by atoms with Gasteiger partial charge in [-0.15, -0.1) is 10.2 Å². The average molecular weight is 505 g/mol. The van der Waals surface area contributed by atoms with Gasteiger partial charge in [0, 0.05) is 13.6 Å². The summed E-state index contributed by atoms with van der Waals surface area (Å²) in [7, 11) is -2.20. The normalized spacial score (nSPS) is 19.5. The van der Waals surface area contributed by atoms with Crippen LogP contribution in [0.25, 0.3) is 11.5 Å². The molecule has 1 aromatic carbocycles. The summed E-state index contributed by atoms with van der Waals surface area (Å²) in [6.07, 6.45) is 2.73. The Hall–Kier alpha value is -2.69. The van der Waals surface area contributed by atoms with E-state index in [1.54, 1.807) is 6.07 Å². The topological polar surface area (TPSA) is 127 Å². The molecule has 1 aliphatic rings. The van der Waals surface area contributed by atoms with Crippen molar-refractivity contribution in [2.45, 2.75) is 32.2 Å². The number of nitrogens with two attached hydrogens (primary N) is 1. The third kappa shape index (κ3) is 5.34. The molecule has 2 heterocycles. The van der Waals surface area contributed by atoms with Crippen molar-refractivity contribution in [2.75, 3.05) is 29.5 Å². The first-order valence-electron chi connectivity index (χ1n) is 11.0. The number of hydrogen-bond donors (Lipinski definition) is 2. The van der Waals surface area contributed by atoms with Gasteiger partial charge in [-0.05, 0) is 43.2 Å². The van der Waals surface area contributed by atoms with Crippen molar-refractivity contribution in [3.8, 4) is 11.5 Å². The van der Waals surface area contributed by atoms with Crippen molar-refractivity contribution in [1.82, 2.24) is 15.2 Å². The molecule has 0 amide bonds. The van der Waals surface area contributed by atoms with Crippen molar-refractivity contribution < 1.29 is 12.8 Å². The molecule has 34 heavy (non-hydrogen) atoms. The van der Waals surface area contributed by atoms with E-state index in [1.165, 1.54) is 7.05 Å².